The molecule has 1 heterocycles. The van der Waals surface area contributed by atoms with Crippen molar-refractivity contribution in [2.24, 2.45) is 0 Å². The van der Waals surface area contributed by atoms with Crippen molar-refractivity contribution in [3.8, 4) is 0 Å². The SMILES string of the molecule is CCCNC(=O)C(C)NS(=O)(=O)CCC1CCCCN1. The molecule has 0 saturated carbocycles. The molecule has 1 fully saturated rings. The van der Waals surface area contributed by atoms with Gasteiger partial charge in [-0.25, -0.2) is 13.1 Å². The number of nitrogens with one attached hydrogen (secondary N) is 3. The zero-order chi connectivity index (χ0) is 15.0. The van der Waals surface area contributed by atoms with Crippen LogP contribution in [0.1, 0.15) is 46.0 Å². The molecule has 1 saturated heterocycles. The van der Waals surface area contributed by atoms with Gasteiger partial charge in [-0.1, -0.05) is 13.3 Å². The molecule has 6 nitrogen and oxygen atoms in total. The Labute approximate surface area is 122 Å². The van der Waals surface area contributed by atoms with Crippen LogP contribution in [0.3, 0.4) is 0 Å². The highest BCUT2D eigenvalue weighted by Gasteiger charge is 2.21. The molecule has 1 rings (SSSR count). The van der Waals surface area contributed by atoms with E-state index >= 15 is 0 Å². The number of carbonyl (C=O) groups is 1. The molecule has 20 heavy (non-hydrogen) atoms. The maximum absolute atomic E-state index is 11.9. The summed E-state index contributed by atoms with van der Waals surface area (Å²) in [6.07, 6.45) is 4.77. The third-order valence-electron chi connectivity index (χ3n) is 3.45. The van der Waals surface area contributed by atoms with Gasteiger partial charge in [-0.05, 0) is 39.2 Å². The minimum absolute atomic E-state index is 0.0655. The Bertz CT molecular complexity index is 392. The number of piperidine rings is 1. The fourth-order valence-corrected chi connectivity index (χ4v) is 3.61. The number of sulfonamides is 1. The highest BCUT2D eigenvalue weighted by Crippen LogP contribution is 2.10. The van der Waals surface area contributed by atoms with E-state index < -0.39 is 16.1 Å². The molecule has 0 aromatic rings. The highest BCUT2D eigenvalue weighted by atomic mass is 32.2. The Balaban J connectivity index is 2.34. The average molecular weight is 305 g/mol. The second-order valence-corrected chi connectivity index (χ2v) is 7.26. The maximum atomic E-state index is 11.9. The van der Waals surface area contributed by atoms with Crippen molar-refractivity contribution in [2.45, 2.75) is 58.0 Å². The van der Waals surface area contributed by atoms with Gasteiger partial charge in [0.15, 0.2) is 0 Å². The van der Waals surface area contributed by atoms with Crippen molar-refractivity contribution < 1.29 is 13.2 Å². The lowest BCUT2D eigenvalue weighted by Gasteiger charge is -2.23. The summed E-state index contributed by atoms with van der Waals surface area (Å²) >= 11 is 0. The van der Waals surface area contributed by atoms with Crippen LogP contribution in [-0.4, -0.2) is 45.3 Å². The minimum Gasteiger partial charge on any atom is -0.355 e. The van der Waals surface area contributed by atoms with Crippen LogP contribution in [0.4, 0.5) is 0 Å². The number of rotatable bonds is 8. The molecule has 0 aromatic carbocycles. The number of carbonyl (C=O) groups excluding carboxylic acids is 1. The minimum atomic E-state index is -3.40. The van der Waals surface area contributed by atoms with E-state index in [2.05, 4.69) is 15.4 Å². The first-order valence-corrected chi connectivity index (χ1v) is 9.11. The van der Waals surface area contributed by atoms with E-state index in [1.54, 1.807) is 6.92 Å². The van der Waals surface area contributed by atoms with Crippen LogP contribution in [0.25, 0.3) is 0 Å². The summed E-state index contributed by atoms with van der Waals surface area (Å²) < 4.78 is 26.3. The third-order valence-corrected chi connectivity index (χ3v) is 4.93. The number of amides is 1. The van der Waals surface area contributed by atoms with Gasteiger partial charge in [0.1, 0.15) is 0 Å². The number of hydrogen-bond acceptors (Lipinski definition) is 4. The largest absolute Gasteiger partial charge is 0.355 e. The number of hydrogen-bond donors (Lipinski definition) is 3. The van der Waals surface area contributed by atoms with Crippen LogP contribution in [0.2, 0.25) is 0 Å². The van der Waals surface area contributed by atoms with Crippen LogP contribution < -0.4 is 15.4 Å². The molecule has 0 radical (unpaired) electrons. The Hall–Kier alpha value is -0.660. The molecule has 2 unspecified atom stereocenters. The zero-order valence-electron chi connectivity index (χ0n) is 12.4. The van der Waals surface area contributed by atoms with E-state index in [4.69, 9.17) is 0 Å². The second-order valence-electron chi connectivity index (χ2n) is 5.38. The van der Waals surface area contributed by atoms with Crippen molar-refractivity contribution in [2.75, 3.05) is 18.8 Å². The first kappa shape index (κ1) is 17.4. The molecular formula is C13H27N3O3S. The van der Waals surface area contributed by atoms with E-state index in [9.17, 15) is 13.2 Å². The predicted molar refractivity (Wildman–Crippen MR) is 79.9 cm³/mol. The summed E-state index contributed by atoms with van der Waals surface area (Å²) in [4.78, 5) is 11.6. The smallest absolute Gasteiger partial charge is 0.237 e. The molecular weight excluding hydrogens is 278 g/mol. The molecule has 118 valence electrons. The first-order valence-electron chi connectivity index (χ1n) is 7.45. The van der Waals surface area contributed by atoms with E-state index in [1.807, 2.05) is 6.92 Å². The van der Waals surface area contributed by atoms with Crippen molar-refractivity contribution in [1.29, 1.82) is 0 Å². The van der Waals surface area contributed by atoms with Gasteiger partial charge in [-0.15, -0.1) is 0 Å². The molecule has 0 aliphatic carbocycles. The van der Waals surface area contributed by atoms with Gasteiger partial charge >= 0.3 is 0 Å². The highest BCUT2D eigenvalue weighted by molar-refractivity contribution is 7.89. The summed E-state index contributed by atoms with van der Waals surface area (Å²) in [6, 6.07) is -0.435. The average Bonchev–Trinajstić information content (AvgIpc) is 2.43. The van der Waals surface area contributed by atoms with Gasteiger partial charge in [-0.3, -0.25) is 4.79 Å². The summed E-state index contributed by atoms with van der Waals surface area (Å²) in [5, 5.41) is 6.01. The Morgan fingerprint density at radius 1 is 1.40 bits per heavy atom. The van der Waals surface area contributed by atoms with E-state index in [0.717, 1.165) is 32.2 Å². The van der Waals surface area contributed by atoms with Crippen LogP contribution in [0.15, 0.2) is 0 Å². The van der Waals surface area contributed by atoms with Gasteiger partial charge in [0, 0.05) is 12.6 Å². The third kappa shape index (κ3) is 6.67. The van der Waals surface area contributed by atoms with Crippen LogP contribution in [0, 0.1) is 0 Å². The topological polar surface area (TPSA) is 87.3 Å². The predicted octanol–water partition coefficient (Wildman–Crippen LogP) is 0.353. The maximum Gasteiger partial charge on any atom is 0.237 e. The summed E-state index contributed by atoms with van der Waals surface area (Å²) in [5.74, 6) is -0.206. The van der Waals surface area contributed by atoms with Crippen molar-refractivity contribution in [1.82, 2.24) is 15.4 Å². The Kier molecular flexibility index (Phi) is 7.47. The lowest BCUT2D eigenvalue weighted by atomic mass is 10.0. The van der Waals surface area contributed by atoms with Crippen LogP contribution in [-0.2, 0) is 14.8 Å². The van der Waals surface area contributed by atoms with Crippen LogP contribution in [0.5, 0.6) is 0 Å². The molecule has 7 heteroatoms. The van der Waals surface area contributed by atoms with Gasteiger partial charge in [0.2, 0.25) is 15.9 Å². The molecule has 0 aromatic heterocycles. The molecule has 0 spiro atoms. The summed E-state index contributed by atoms with van der Waals surface area (Å²) in [6.45, 7) is 5.05. The summed E-state index contributed by atoms with van der Waals surface area (Å²) in [7, 11) is -3.40. The Morgan fingerprint density at radius 3 is 2.75 bits per heavy atom. The van der Waals surface area contributed by atoms with Crippen molar-refractivity contribution in [3.63, 3.8) is 0 Å². The van der Waals surface area contributed by atoms with E-state index in [0.29, 0.717) is 13.0 Å². The first-order chi connectivity index (χ1) is 9.44. The van der Waals surface area contributed by atoms with E-state index in [1.165, 1.54) is 0 Å². The zero-order valence-corrected chi connectivity index (χ0v) is 13.3. The fourth-order valence-electron chi connectivity index (χ4n) is 2.25. The normalized spacial score (nSPS) is 21.4. The van der Waals surface area contributed by atoms with Crippen molar-refractivity contribution in [3.05, 3.63) is 0 Å². The lowest BCUT2D eigenvalue weighted by Crippen LogP contribution is -2.46. The van der Waals surface area contributed by atoms with Crippen molar-refractivity contribution >= 4 is 15.9 Å². The molecule has 2 atom stereocenters. The molecule has 1 aliphatic heterocycles. The van der Waals surface area contributed by atoms with Crippen LogP contribution >= 0.6 is 0 Å². The standard InChI is InChI=1S/C13H27N3O3S/c1-3-8-15-13(17)11(2)16-20(18,19)10-7-12-6-4-5-9-14-12/h11-12,14,16H,3-10H2,1-2H3,(H,15,17). The lowest BCUT2D eigenvalue weighted by molar-refractivity contribution is -0.122. The van der Waals surface area contributed by atoms with E-state index in [-0.39, 0.29) is 17.7 Å². The van der Waals surface area contributed by atoms with Gasteiger partial charge in [-0.2, -0.15) is 0 Å². The molecule has 0 bridgehead atoms. The molecule has 1 amide bonds. The molecule has 3 N–H and O–H groups in total. The van der Waals surface area contributed by atoms with Gasteiger partial charge in [0.25, 0.3) is 0 Å². The van der Waals surface area contributed by atoms with Gasteiger partial charge in [0.05, 0.1) is 11.8 Å². The summed E-state index contributed by atoms with van der Waals surface area (Å²) in [5.41, 5.74) is 0. The Morgan fingerprint density at radius 2 is 2.15 bits per heavy atom. The quantitative estimate of drug-likeness (QED) is 0.604. The second kappa shape index (κ2) is 8.59. The van der Waals surface area contributed by atoms with Gasteiger partial charge < -0.3 is 10.6 Å². The monoisotopic (exact) mass is 305 g/mol. The fraction of sp³-hybridized carbons (Fsp3) is 0.923. The molecule has 1 aliphatic rings.